The fourth-order valence-electron chi connectivity index (χ4n) is 6.59. The molecule has 1 fully saturated rings. The first-order valence-electron chi connectivity index (χ1n) is 15.5. The van der Waals surface area contributed by atoms with E-state index >= 15 is 4.39 Å². The average Bonchev–Trinajstić information content (AvgIpc) is 3.65. The van der Waals surface area contributed by atoms with Crippen molar-refractivity contribution in [2.45, 2.75) is 57.6 Å². The van der Waals surface area contributed by atoms with E-state index in [1.165, 1.54) is 51.5 Å². The molecule has 6 rings (SSSR count). The van der Waals surface area contributed by atoms with Crippen molar-refractivity contribution in [2.75, 3.05) is 26.2 Å². The maximum absolute atomic E-state index is 15.1. The summed E-state index contributed by atoms with van der Waals surface area (Å²) < 4.78 is 32.6. The van der Waals surface area contributed by atoms with Crippen molar-refractivity contribution in [3.05, 3.63) is 119 Å². The van der Waals surface area contributed by atoms with Crippen LogP contribution >= 0.6 is 0 Å². The normalized spacial score (nSPS) is 17.4. The number of fused-ring (bicyclic) bond motifs is 1. The molecule has 1 unspecified atom stereocenters. The molecule has 0 bridgehead atoms. The van der Waals surface area contributed by atoms with Crippen molar-refractivity contribution < 1.29 is 19.0 Å². The second-order valence-electron chi connectivity index (χ2n) is 12.3. The molecule has 45 heavy (non-hydrogen) atoms. The van der Waals surface area contributed by atoms with E-state index in [4.69, 9.17) is 0 Å². The van der Waals surface area contributed by atoms with Crippen LogP contribution in [0.2, 0.25) is 0 Å². The zero-order valence-corrected chi connectivity index (χ0v) is 25.7. The van der Waals surface area contributed by atoms with Crippen molar-refractivity contribution in [1.29, 1.82) is 0 Å². The van der Waals surface area contributed by atoms with Crippen LogP contribution in [0.5, 0.6) is 0 Å². The standard InChI is InChI=1S/C35H40F2N6O2/c1-25(44)17-27-7-9-28(10-8-27)19-42-21-29(31-5-3-4-6-34(31)42)20-40-13-15-41(16-14-40)26(2)35(45,22-43-24-38-23-39-43)32-12-11-30(36)18-33(32)37/h3-12,18,21,23-26,44-45H,13-17,19-20,22H2,1-2H3/t25?,26-,35-/m1/s1. The molecule has 1 aliphatic rings. The van der Waals surface area contributed by atoms with Crippen LogP contribution in [0.4, 0.5) is 8.78 Å². The van der Waals surface area contributed by atoms with Crippen LogP contribution in [0.25, 0.3) is 10.9 Å². The van der Waals surface area contributed by atoms with Crippen LogP contribution in [0.15, 0.2) is 85.6 Å². The largest absolute Gasteiger partial charge is 0.393 e. The van der Waals surface area contributed by atoms with Gasteiger partial charge in [0.2, 0.25) is 0 Å². The van der Waals surface area contributed by atoms with Crippen molar-refractivity contribution in [3.63, 3.8) is 0 Å². The number of aliphatic hydroxyl groups excluding tert-OH is 1. The van der Waals surface area contributed by atoms with Gasteiger partial charge in [-0.3, -0.25) is 9.80 Å². The third-order valence-corrected chi connectivity index (χ3v) is 9.08. The third kappa shape index (κ3) is 6.84. The van der Waals surface area contributed by atoms with E-state index in [0.29, 0.717) is 19.5 Å². The molecule has 2 aromatic heterocycles. The van der Waals surface area contributed by atoms with Crippen molar-refractivity contribution in [2.24, 2.45) is 0 Å². The van der Waals surface area contributed by atoms with E-state index in [-0.39, 0.29) is 18.2 Å². The zero-order chi connectivity index (χ0) is 31.6. The summed E-state index contributed by atoms with van der Waals surface area (Å²) in [6, 6.07) is 19.8. The molecule has 3 aromatic carbocycles. The summed E-state index contributed by atoms with van der Waals surface area (Å²) in [6.45, 7) is 8.14. The van der Waals surface area contributed by atoms with Gasteiger partial charge in [0.1, 0.15) is 29.9 Å². The SMILES string of the molecule is CC(O)Cc1ccc(Cn2cc(CN3CCN([C@H](C)[C@](O)(Cn4cncn4)c4ccc(F)cc4F)CC3)c3ccccc32)cc1. The van der Waals surface area contributed by atoms with Gasteiger partial charge in [-0.25, -0.2) is 18.4 Å². The molecular formula is C35H40F2N6O2. The Balaban J connectivity index is 1.15. The molecule has 10 heteroatoms. The lowest BCUT2D eigenvalue weighted by molar-refractivity contribution is -0.0743. The van der Waals surface area contributed by atoms with Gasteiger partial charge in [0.15, 0.2) is 0 Å². The summed E-state index contributed by atoms with van der Waals surface area (Å²) in [7, 11) is 0. The maximum Gasteiger partial charge on any atom is 0.137 e. The molecule has 0 amide bonds. The van der Waals surface area contributed by atoms with E-state index in [9.17, 15) is 14.6 Å². The second-order valence-corrected chi connectivity index (χ2v) is 12.3. The molecular weight excluding hydrogens is 574 g/mol. The van der Waals surface area contributed by atoms with E-state index in [2.05, 4.69) is 79.2 Å². The number of para-hydroxylation sites is 1. The van der Waals surface area contributed by atoms with E-state index < -0.39 is 23.3 Å². The summed E-state index contributed by atoms with van der Waals surface area (Å²) in [5, 5.41) is 27.1. The van der Waals surface area contributed by atoms with E-state index in [1.54, 1.807) is 6.92 Å². The van der Waals surface area contributed by atoms with E-state index in [1.807, 2.05) is 6.92 Å². The zero-order valence-electron chi connectivity index (χ0n) is 25.7. The quantitative estimate of drug-likeness (QED) is 0.227. The molecule has 0 radical (unpaired) electrons. The minimum Gasteiger partial charge on any atom is -0.393 e. The first-order valence-corrected chi connectivity index (χ1v) is 15.5. The summed E-state index contributed by atoms with van der Waals surface area (Å²) in [5.41, 5.74) is 3.16. The molecule has 0 spiro atoms. The average molecular weight is 615 g/mol. The highest BCUT2D eigenvalue weighted by Gasteiger charge is 2.42. The Morgan fingerprint density at radius 3 is 2.33 bits per heavy atom. The fourth-order valence-corrected chi connectivity index (χ4v) is 6.59. The lowest BCUT2D eigenvalue weighted by Crippen LogP contribution is -2.57. The molecule has 5 aromatic rings. The number of rotatable bonds is 11. The lowest BCUT2D eigenvalue weighted by Gasteiger charge is -2.45. The Bertz CT molecular complexity index is 1710. The molecule has 0 saturated carbocycles. The Morgan fingerprint density at radius 2 is 1.64 bits per heavy atom. The van der Waals surface area contributed by atoms with Crippen LogP contribution in [-0.4, -0.2) is 77.7 Å². The first-order chi connectivity index (χ1) is 21.7. The Morgan fingerprint density at radius 1 is 0.911 bits per heavy atom. The molecule has 236 valence electrons. The van der Waals surface area contributed by atoms with Gasteiger partial charge < -0.3 is 14.8 Å². The van der Waals surface area contributed by atoms with Gasteiger partial charge in [-0.15, -0.1) is 0 Å². The van der Waals surface area contributed by atoms with Crippen molar-refractivity contribution in [3.8, 4) is 0 Å². The van der Waals surface area contributed by atoms with Gasteiger partial charge in [-0.1, -0.05) is 48.5 Å². The molecule has 3 atom stereocenters. The van der Waals surface area contributed by atoms with Crippen LogP contribution in [0.1, 0.15) is 36.1 Å². The number of nitrogens with zero attached hydrogens (tertiary/aromatic N) is 6. The first kappa shape index (κ1) is 31.0. The predicted molar refractivity (Wildman–Crippen MR) is 169 cm³/mol. The monoisotopic (exact) mass is 614 g/mol. The number of halogens is 2. The molecule has 0 aliphatic carbocycles. The summed E-state index contributed by atoms with van der Waals surface area (Å²) in [6.07, 6.45) is 5.39. The van der Waals surface area contributed by atoms with Crippen molar-refractivity contribution >= 4 is 10.9 Å². The van der Waals surface area contributed by atoms with Gasteiger partial charge in [0.05, 0.1) is 12.6 Å². The number of aliphatic hydroxyl groups is 2. The smallest absolute Gasteiger partial charge is 0.137 e. The Labute approximate surface area is 262 Å². The second kappa shape index (κ2) is 13.2. The highest BCUT2D eigenvalue weighted by molar-refractivity contribution is 5.84. The van der Waals surface area contributed by atoms with Gasteiger partial charge in [0, 0.05) is 74.0 Å². The number of benzene rings is 3. The van der Waals surface area contributed by atoms with Gasteiger partial charge >= 0.3 is 0 Å². The van der Waals surface area contributed by atoms with Gasteiger partial charge in [-0.2, -0.15) is 5.10 Å². The minimum atomic E-state index is -1.66. The minimum absolute atomic E-state index is 0.0142. The predicted octanol–water partition coefficient (Wildman–Crippen LogP) is 4.58. The number of hydrogen-bond acceptors (Lipinski definition) is 6. The number of aromatic nitrogens is 4. The molecule has 8 nitrogen and oxygen atoms in total. The van der Waals surface area contributed by atoms with E-state index in [0.717, 1.165) is 37.8 Å². The molecule has 2 N–H and O–H groups in total. The molecule has 3 heterocycles. The maximum atomic E-state index is 15.1. The topological polar surface area (TPSA) is 82.6 Å². The highest BCUT2D eigenvalue weighted by atomic mass is 19.1. The van der Waals surface area contributed by atoms with Gasteiger partial charge in [0.25, 0.3) is 0 Å². The summed E-state index contributed by atoms with van der Waals surface area (Å²) in [4.78, 5) is 8.55. The summed E-state index contributed by atoms with van der Waals surface area (Å²) in [5.74, 6) is -1.47. The van der Waals surface area contributed by atoms with Gasteiger partial charge in [-0.05, 0) is 49.1 Å². The summed E-state index contributed by atoms with van der Waals surface area (Å²) >= 11 is 0. The highest BCUT2D eigenvalue weighted by Crippen LogP contribution is 2.33. The fraction of sp³-hybridized carbons (Fsp3) is 0.371. The third-order valence-electron chi connectivity index (χ3n) is 9.08. The van der Waals surface area contributed by atoms with Crippen LogP contribution in [0, 0.1) is 11.6 Å². The molecule has 1 aliphatic heterocycles. The van der Waals surface area contributed by atoms with Crippen LogP contribution in [0.3, 0.4) is 0 Å². The Kier molecular flexibility index (Phi) is 9.09. The lowest BCUT2D eigenvalue weighted by atomic mass is 9.85. The Hall–Kier alpha value is -3.96. The number of piperazine rings is 1. The van der Waals surface area contributed by atoms with Crippen molar-refractivity contribution in [1.82, 2.24) is 29.1 Å². The van der Waals surface area contributed by atoms with Crippen LogP contribution in [-0.2, 0) is 31.7 Å². The van der Waals surface area contributed by atoms with Crippen LogP contribution < -0.4 is 0 Å². The molecule has 1 saturated heterocycles. The number of hydrogen-bond donors (Lipinski definition) is 2.